The molecule has 1 aromatic rings. The predicted molar refractivity (Wildman–Crippen MR) is 70.5 cm³/mol. The van der Waals surface area contributed by atoms with Gasteiger partial charge in [-0.15, -0.1) is 0 Å². The first-order valence-electron chi connectivity index (χ1n) is 5.95. The molecule has 10 nitrogen and oxygen atoms in total. The molecule has 0 heterocycles. The Balaban J connectivity index is 2.88. The number of benzene rings is 1. The smallest absolute Gasteiger partial charge is 0.326 e. The molecule has 0 bridgehead atoms. The number of carbonyl (C=O) groups is 3. The number of hydrogen-bond donors (Lipinski definition) is 4. The lowest BCUT2D eigenvalue weighted by atomic mass is 10.1. The number of nitro groups is 1. The van der Waals surface area contributed by atoms with Crippen molar-refractivity contribution in [2.45, 2.75) is 18.9 Å². The summed E-state index contributed by atoms with van der Waals surface area (Å²) in [6.45, 7) is 0. The van der Waals surface area contributed by atoms with E-state index < -0.39 is 46.7 Å². The number of nitrogens with one attached hydrogen (secondary N) is 1. The Bertz CT molecular complexity index is 628. The van der Waals surface area contributed by atoms with Crippen molar-refractivity contribution in [2.75, 3.05) is 0 Å². The molecular formula is C12H12N2O8. The number of phenols is 1. The van der Waals surface area contributed by atoms with Gasteiger partial charge in [0.1, 0.15) is 11.8 Å². The Hall–Kier alpha value is -3.17. The van der Waals surface area contributed by atoms with Gasteiger partial charge in [-0.2, -0.15) is 0 Å². The highest BCUT2D eigenvalue weighted by molar-refractivity contribution is 5.99. The average Bonchev–Trinajstić information content (AvgIpc) is 2.42. The second-order valence-corrected chi connectivity index (χ2v) is 4.26. The number of carbonyl (C=O) groups excluding carboxylic acids is 1. The fourth-order valence-corrected chi connectivity index (χ4v) is 1.59. The Morgan fingerprint density at radius 1 is 1.27 bits per heavy atom. The van der Waals surface area contributed by atoms with Crippen LogP contribution in [0, 0.1) is 10.1 Å². The summed E-state index contributed by atoms with van der Waals surface area (Å²) in [4.78, 5) is 43.0. The van der Waals surface area contributed by atoms with Gasteiger partial charge in [-0.25, -0.2) is 4.79 Å². The van der Waals surface area contributed by atoms with Gasteiger partial charge in [0.2, 0.25) is 0 Å². The highest BCUT2D eigenvalue weighted by Crippen LogP contribution is 2.23. The minimum Gasteiger partial charge on any atom is -0.507 e. The van der Waals surface area contributed by atoms with Crippen LogP contribution in [0.1, 0.15) is 23.2 Å². The molecule has 118 valence electrons. The molecule has 0 saturated carbocycles. The van der Waals surface area contributed by atoms with Gasteiger partial charge in [0.25, 0.3) is 11.6 Å². The van der Waals surface area contributed by atoms with E-state index in [1.54, 1.807) is 0 Å². The first kappa shape index (κ1) is 16.9. The number of amides is 1. The van der Waals surface area contributed by atoms with Crippen LogP contribution in [0.2, 0.25) is 0 Å². The van der Waals surface area contributed by atoms with E-state index >= 15 is 0 Å². The standard InChI is InChI=1S/C12H12N2O8/c15-9-5-6(14(21)22)1-2-7(9)11(18)13-8(12(19)20)3-4-10(16)17/h1-2,5,8,15H,3-4H2,(H,13,18)(H,16,17)(H,19,20)/t8-/m0/s1. The number of nitro benzene ring substituents is 1. The summed E-state index contributed by atoms with van der Waals surface area (Å²) < 4.78 is 0. The molecular weight excluding hydrogens is 300 g/mol. The maximum Gasteiger partial charge on any atom is 0.326 e. The van der Waals surface area contributed by atoms with Crippen molar-refractivity contribution < 1.29 is 34.6 Å². The molecule has 0 unspecified atom stereocenters. The van der Waals surface area contributed by atoms with Crippen LogP contribution in [-0.2, 0) is 9.59 Å². The van der Waals surface area contributed by atoms with Gasteiger partial charge in [-0.1, -0.05) is 0 Å². The fraction of sp³-hybridized carbons (Fsp3) is 0.250. The normalized spacial score (nSPS) is 11.5. The summed E-state index contributed by atoms with van der Waals surface area (Å²) in [7, 11) is 0. The van der Waals surface area contributed by atoms with Crippen LogP contribution in [0.3, 0.4) is 0 Å². The Morgan fingerprint density at radius 3 is 2.36 bits per heavy atom. The van der Waals surface area contributed by atoms with E-state index in [0.29, 0.717) is 0 Å². The van der Waals surface area contributed by atoms with E-state index in [2.05, 4.69) is 0 Å². The molecule has 0 aliphatic carbocycles. The van der Waals surface area contributed by atoms with Gasteiger partial charge < -0.3 is 20.6 Å². The van der Waals surface area contributed by atoms with E-state index in [1.165, 1.54) is 0 Å². The third-order valence-corrected chi connectivity index (χ3v) is 2.69. The van der Waals surface area contributed by atoms with Gasteiger partial charge in [0.15, 0.2) is 0 Å². The van der Waals surface area contributed by atoms with E-state index in [1.807, 2.05) is 5.32 Å². The molecule has 4 N–H and O–H groups in total. The summed E-state index contributed by atoms with van der Waals surface area (Å²) in [5.74, 6) is -4.33. The molecule has 0 aliphatic heterocycles. The zero-order valence-corrected chi connectivity index (χ0v) is 11.1. The van der Waals surface area contributed by atoms with Crippen LogP contribution in [0.4, 0.5) is 5.69 Å². The molecule has 0 saturated heterocycles. The SMILES string of the molecule is O=C(O)CC[C@H](NC(=O)c1ccc([N+](=O)[O-])cc1O)C(=O)O. The number of rotatable bonds is 7. The second-order valence-electron chi connectivity index (χ2n) is 4.26. The number of nitrogens with zero attached hydrogens (tertiary/aromatic N) is 1. The number of hydrogen-bond acceptors (Lipinski definition) is 6. The van der Waals surface area contributed by atoms with Gasteiger partial charge in [0, 0.05) is 12.5 Å². The maximum atomic E-state index is 11.9. The highest BCUT2D eigenvalue weighted by atomic mass is 16.6. The third kappa shape index (κ3) is 4.44. The lowest BCUT2D eigenvalue weighted by Gasteiger charge is -2.14. The Morgan fingerprint density at radius 2 is 1.91 bits per heavy atom. The quantitative estimate of drug-likeness (QED) is 0.413. The van der Waals surface area contributed by atoms with Gasteiger partial charge >= 0.3 is 11.9 Å². The number of non-ortho nitro benzene ring substituents is 1. The monoisotopic (exact) mass is 312 g/mol. The molecule has 0 aliphatic rings. The number of aliphatic carboxylic acids is 2. The minimum atomic E-state index is -1.46. The zero-order chi connectivity index (χ0) is 16.9. The lowest BCUT2D eigenvalue weighted by molar-refractivity contribution is -0.384. The Labute approximate surface area is 123 Å². The third-order valence-electron chi connectivity index (χ3n) is 2.69. The van der Waals surface area contributed by atoms with Crippen molar-refractivity contribution >= 4 is 23.5 Å². The second kappa shape index (κ2) is 7.02. The van der Waals surface area contributed by atoms with Crippen LogP contribution < -0.4 is 5.32 Å². The molecule has 0 aromatic heterocycles. The predicted octanol–water partition coefficient (Wildman–Crippen LogP) is 0.348. The summed E-state index contributed by atoms with van der Waals surface area (Å²) >= 11 is 0. The molecule has 1 atom stereocenters. The minimum absolute atomic E-state index is 0.343. The van der Waals surface area contributed by atoms with E-state index in [-0.39, 0.29) is 12.0 Å². The zero-order valence-electron chi connectivity index (χ0n) is 11.1. The number of aromatic hydroxyl groups is 1. The molecule has 22 heavy (non-hydrogen) atoms. The molecule has 1 aromatic carbocycles. The van der Waals surface area contributed by atoms with Crippen molar-refractivity contribution in [3.63, 3.8) is 0 Å². The summed E-state index contributed by atoms with van der Waals surface area (Å²) in [5.41, 5.74) is -0.790. The first-order valence-corrected chi connectivity index (χ1v) is 5.95. The molecule has 1 rings (SSSR count). The van der Waals surface area contributed by atoms with Gasteiger partial charge in [0.05, 0.1) is 16.6 Å². The molecule has 0 radical (unpaired) electrons. The van der Waals surface area contributed by atoms with Crippen LogP contribution in [0.5, 0.6) is 5.75 Å². The number of carboxylic acid groups (broad SMARTS) is 2. The van der Waals surface area contributed by atoms with E-state index in [0.717, 1.165) is 18.2 Å². The average molecular weight is 312 g/mol. The van der Waals surface area contributed by atoms with Crippen molar-refractivity contribution in [2.24, 2.45) is 0 Å². The van der Waals surface area contributed by atoms with Gasteiger partial charge in [-0.3, -0.25) is 19.7 Å². The number of carboxylic acids is 2. The molecule has 0 fully saturated rings. The van der Waals surface area contributed by atoms with Crippen molar-refractivity contribution in [1.29, 1.82) is 0 Å². The fourth-order valence-electron chi connectivity index (χ4n) is 1.59. The van der Waals surface area contributed by atoms with Crippen LogP contribution in [-0.4, -0.2) is 44.1 Å². The summed E-state index contributed by atoms with van der Waals surface area (Å²) in [6, 6.07) is 1.24. The first-order chi connectivity index (χ1) is 10.2. The maximum absolute atomic E-state index is 11.9. The van der Waals surface area contributed by atoms with Gasteiger partial charge in [-0.05, 0) is 12.5 Å². The van der Waals surface area contributed by atoms with E-state index in [9.17, 15) is 29.6 Å². The van der Waals surface area contributed by atoms with E-state index in [4.69, 9.17) is 10.2 Å². The summed E-state index contributed by atoms with van der Waals surface area (Å²) in [6.07, 6.45) is -0.812. The largest absolute Gasteiger partial charge is 0.507 e. The summed E-state index contributed by atoms with van der Waals surface area (Å²) in [5, 5.41) is 39.6. The lowest BCUT2D eigenvalue weighted by Crippen LogP contribution is -2.41. The van der Waals surface area contributed by atoms with Crippen LogP contribution in [0.25, 0.3) is 0 Å². The highest BCUT2D eigenvalue weighted by Gasteiger charge is 2.23. The number of phenolic OH excluding ortho intramolecular Hbond substituents is 1. The van der Waals surface area contributed by atoms with Crippen molar-refractivity contribution in [1.82, 2.24) is 5.32 Å². The van der Waals surface area contributed by atoms with Crippen LogP contribution in [0.15, 0.2) is 18.2 Å². The Kier molecular flexibility index (Phi) is 5.38. The molecule has 1 amide bonds. The topological polar surface area (TPSA) is 167 Å². The molecule has 0 spiro atoms. The molecule has 10 heteroatoms. The van der Waals surface area contributed by atoms with Crippen LogP contribution >= 0.6 is 0 Å². The van der Waals surface area contributed by atoms with Crippen molar-refractivity contribution in [3.05, 3.63) is 33.9 Å². The van der Waals surface area contributed by atoms with Crippen molar-refractivity contribution in [3.8, 4) is 5.75 Å².